The van der Waals surface area contributed by atoms with E-state index in [0.717, 1.165) is 37.9 Å². The van der Waals surface area contributed by atoms with Gasteiger partial charge in [-0.2, -0.15) is 0 Å². The molecule has 3 rings (SSSR count). The number of amides is 1. The first-order chi connectivity index (χ1) is 19.7. The Labute approximate surface area is 244 Å². The largest absolute Gasteiger partial charge is 0.507 e. The smallest absolute Gasteiger partial charge is 0.295 e. The summed E-state index contributed by atoms with van der Waals surface area (Å²) < 4.78 is 17.5. The van der Waals surface area contributed by atoms with Gasteiger partial charge in [-0.3, -0.25) is 9.59 Å². The number of Topliss-reactive ketones (excluding diaryl/α,β-unsaturated/α-hetero) is 1. The molecule has 1 unspecified atom stereocenters. The molecule has 2 aromatic carbocycles. The van der Waals surface area contributed by atoms with E-state index in [4.69, 9.17) is 14.2 Å². The normalized spacial score (nSPS) is 16.6. The highest BCUT2D eigenvalue weighted by molar-refractivity contribution is 6.46. The number of carbonyl (C=O) groups excluding carboxylic acids is 2. The molecule has 8 heteroatoms. The lowest BCUT2D eigenvalue weighted by atomic mass is 9.94. The number of unbranched alkanes of at least 4 members (excludes halogenated alkanes) is 2. The van der Waals surface area contributed by atoms with Gasteiger partial charge in [-0.05, 0) is 81.7 Å². The third-order valence-electron chi connectivity index (χ3n) is 7.41. The van der Waals surface area contributed by atoms with E-state index in [0.29, 0.717) is 48.1 Å². The van der Waals surface area contributed by atoms with Crippen molar-refractivity contribution < 1.29 is 28.9 Å². The van der Waals surface area contributed by atoms with Gasteiger partial charge in [0, 0.05) is 18.7 Å². The summed E-state index contributed by atoms with van der Waals surface area (Å²) >= 11 is 0. The van der Waals surface area contributed by atoms with Crippen molar-refractivity contribution in [2.75, 3.05) is 39.9 Å². The lowest BCUT2D eigenvalue weighted by Crippen LogP contribution is -2.38. The molecule has 2 aromatic rings. The third-order valence-corrected chi connectivity index (χ3v) is 7.41. The number of hydrogen-bond donors (Lipinski definition) is 1. The Morgan fingerprint density at radius 2 is 1.71 bits per heavy atom. The molecule has 1 fully saturated rings. The highest BCUT2D eigenvalue weighted by Gasteiger charge is 2.46. The molecule has 0 aromatic heterocycles. The highest BCUT2D eigenvalue weighted by Crippen LogP contribution is 2.42. The maximum Gasteiger partial charge on any atom is 0.295 e. The van der Waals surface area contributed by atoms with Crippen molar-refractivity contribution in [2.24, 2.45) is 0 Å². The van der Waals surface area contributed by atoms with Gasteiger partial charge in [0.15, 0.2) is 11.5 Å². The molecule has 8 nitrogen and oxygen atoms in total. The first kappa shape index (κ1) is 32.0. The first-order valence-corrected chi connectivity index (χ1v) is 14.8. The van der Waals surface area contributed by atoms with Crippen LogP contribution in [-0.4, -0.2) is 72.6 Å². The fraction of sp³-hybridized carbons (Fsp3) is 0.515. The second kappa shape index (κ2) is 14.9. The molecule has 1 N–H and O–H groups in total. The van der Waals surface area contributed by atoms with E-state index in [2.05, 4.69) is 25.7 Å². The van der Waals surface area contributed by atoms with E-state index >= 15 is 0 Å². The summed E-state index contributed by atoms with van der Waals surface area (Å²) in [6.45, 7) is 15.2. The first-order valence-electron chi connectivity index (χ1n) is 14.8. The number of ketones is 1. The van der Waals surface area contributed by atoms with Crippen LogP contribution in [-0.2, 0) is 9.59 Å². The van der Waals surface area contributed by atoms with Gasteiger partial charge < -0.3 is 29.1 Å². The Hall–Kier alpha value is -3.52. The molecule has 224 valence electrons. The zero-order chi connectivity index (χ0) is 30.1. The van der Waals surface area contributed by atoms with E-state index in [-0.39, 0.29) is 17.4 Å². The number of methoxy groups -OCH3 is 1. The van der Waals surface area contributed by atoms with E-state index in [9.17, 15) is 14.7 Å². The van der Waals surface area contributed by atoms with E-state index < -0.39 is 17.7 Å². The topological polar surface area (TPSA) is 88.5 Å². The van der Waals surface area contributed by atoms with Crippen LogP contribution in [0, 0.1) is 6.92 Å². The maximum atomic E-state index is 13.5. The van der Waals surface area contributed by atoms with Crippen LogP contribution in [0.5, 0.6) is 17.2 Å². The number of rotatable bonds is 15. The highest BCUT2D eigenvalue weighted by atomic mass is 16.5. The second-order valence-corrected chi connectivity index (χ2v) is 10.6. The number of aryl methyl sites for hydroxylation is 1. The predicted molar refractivity (Wildman–Crippen MR) is 162 cm³/mol. The zero-order valence-electron chi connectivity index (χ0n) is 25.7. The Bertz CT molecular complexity index is 1230. The van der Waals surface area contributed by atoms with Crippen LogP contribution in [0.1, 0.15) is 76.6 Å². The lowest BCUT2D eigenvalue weighted by molar-refractivity contribution is -0.140. The van der Waals surface area contributed by atoms with Crippen molar-refractivity contribution in [3.05, 3.63) is 58.7 Å². The van der Waals surface area contributed by atoms with Crippen LogP contribution < -0.4 is 14.2 Å². The van der Waals surface area contributed by atoms with Gasteiger partial charge >= 0.3 is 0 Å². The van der Waals surface area contributed by atoms with Crippen LogP contribution in [0.4, 0.5) is 0 Å². The minimum atomic E-state index is -0.777. The summed E-state index contributed by atoms with van der Waals surface area (Å²) in [6, 6.07) is 9.96. The summed E-state index contributed by atoms with van der Waals surface area (Å²) in [4.78, 5) is 30.7. The number of likely N-dealkylation sites (tertiary alicyclic amines) is 1. The van der Waals surface area contributed by atoms with Crippen LogP contribution in [0.2, 0.25) is 0 Å². The van der Waals surface area contributed by atoms with Crippen LogP contribution in [0.25, 0.3) is 5.76 Å². The standard InChI is InChI=1S/C33H46N2O6/c1-8-11-12-19-40-27-16-13-24(21-28(27)39-7)30-29(32(37)33(38)35(30)18-17-34(9-2)10-3)31(36)25-14-15-26(23(6)20-25)41-22(4)5/h13-16,20-22,30,36H,8-12,17-19H2,1-7H3/b31-29+. The van der Waals surface area contributed by atoms with Crippen molar-refractivity contribution in [3.8, 4) is 17.2 Å². The summed E-state index contributed by atoms with van der Waals surface area (Å²) in [5.74, 6) is 0.275. The average Bonchev–Trinajstić information content (AvgIpc) is 3.21. The Kier molecular flexibility index (Phi) is 11.6. The number of benzene rings is 2. The Morgan fingerprint density at radius 3 is 2.32 bits per heavy atom. The van der Waals surface area contributed by atoms with Crippen molar-refractivity contribution in [2.45, 2.75) is 73.0 Å². The number of aliphatic hydroxyl groups excluding tert-OH is 1. The van der Waals surface area contributed by atoms with Crippen molar-refractivity contribution in [1.29, 1.82) is 0 Å². The summed E-state index contributed by atoms with van der Waals surface area (Å²) in [7, 11) is 1.57. The van der Waals surface area contributed by atoms with E-state index in [1.54, 1.807) is 36.3 Å². The molecule has 0 radical (unpaired) electrons. The van der Waals surface area contributed by atoms with Crippen LogP contribution in [0.3, 0.4) is 0 Å². The van der Waals surface area contributed by atoms with E-state index in [1.807, 2.05) is 32.9 Å². The maximum absolute atomic E-state index is 13.5. The SMILES string of the molecule is CCCCCOc1ccc(C2/C(=C(\O)c3ccc(OC(C)C)c(C)c3)C(=O)C(=O)N2CCN(CC)CC)cc1OC. The third kappa shape index (κ3) is 7.61. The van der Waals surface area contributed by atoms with Crippen LogP contribution in [0.15, 0.2) is 42.0 Å². The molecule has 1 heterocycles. The number of nitrogens with zero attached hydrogens (tertiary/aromatic N) is 2. The molecular weight excluding hydrogens is 520 g/mol. The molecule has 1 aliphatic rings. The van der Waals surface area contributed by atoms with E-state index in [1.165, 1.54) is 0 Å². The Balaban J connectivity index is 2.09. The summed E-state index contributed by atoms with van der Waals surface area (Å²) in [6.07, 6.45) is 3.11. The monoisotopic (exact) mass is 566 g/mol. The quantitative estimate of drug-likeness (QED) is 0.120. The van der Waals surface area contributed by atoms with Crippen molar-refractivity contribution in [1.82, 2.24) is 9.80 Å². The van der Waals surface area contributed by atoms with Gasteiger partial charge in [0.05, 0.1) is 31.4 Å². The van der Waals surface area contributed by atoms with Gasteiger partial charge in [-0.1, -0.05) is 39.7 Å². The number of ether oxygens (including phenoxy) is 3. The summed E-state index contributed by atoms with van der Waals surface area (Å²) in [5.41, 5.74) is 2.00. The lowest BCUT2D eigenvalue weighted by Gasteiger charge is -2.28. The Morgan fingerprint density at radius 1 is 1.00 bits per heavy atom. The van der Waals surface area contributed by atoms with Gasteiger partial charge in [0.1, 0.15) is 11.5 Å². The van der Waals surface area contributed by atoms with Crippen LogP contribution >= 0.6 is 0 Å². The molecule has 1 saturated heterocycles. The fourth-order valence-corrected chi connectivity index (χ4v) is 5.09. The molecule has 0 aliphatic carbocycles. The molecule has 41 heavy (non-hydrogen) atoms. The number of likely N-dealkylation sites (N-methyl/N-ethyl adjacent to an activating group) is 1. The second-order valence-electron chi connectivity index (χ2n) is 10.6. The molecule has 1 atom stereocenters. The van der Waals surface area contributed by atoms with Crippen molar-refractivity contribution >= 4 is 17.4 Å². The molecule has 1 amide bonds. The van der Waals surface area contributed by atoms with Gasteiger partial charge in [0.2, 0.25) is 0 Å². The molecule has 0 saturated carbocycles. The number of aliphatic hydroxyl groups is 1. The molecule has 1 aliphatic heterocycles. The summed E-state index contributed by atoms with van der Waals surface area (Å²) in [5, 5.41) is 11.5. The zero-order valence-corrected chi connectivity index (χ0v) is 25.7. The molecule has 0 bridgehead atoms. The molecule has 0 spiro atoms. The van der Waals surface area contributed by atoms with Gasteiger partial charge in [-0.25, -0.2) is 0 Å². The number of hydrogen-bond acceptors (Lipinski definition) is 7. The van der Waals surface area contributed by atoms with Gasteiger partial charge in [-0.15, -0.1) is 0 Å². The number of carbonyl (C=O) groups is 2. The average molecular weight is 567 g/mol. The van der Waals surface area contributed by atoms with Crippen molar-refractivity contribution in [3.63, 3.8) is 0 Å². The minimum Gasteiger partial charge on any atom is -0.507 e. The predicted octanol–water partition coefficient (Wildman–Crippen LogP) is 6.12. The fourth-order valence-electron chi connectivity index (χ4n) is 5.09. The molecular formula is C33H46N2O6. The van der Waals surface area contributed by atoms with Gasteiger partial charge in [0.25, 0.3) is 11.7 Å². The minimum absolute atomic E-state index is 0.00199.